The zero-order chi connectivity index (χ0) is 13.8. The van der Waals surface area contributed by atoms with E-state index in [4.69, 9.17) is 4.74 Å². The van der Waals surface area contributed by atoms with Crippen molar-refractivity contribution in [2.75, 3.05) is 6.61 Å². The summed E-state index contributed by atoms with van der Waals surface area (Å²) >= 11 is 3.27. The van der Waals surface area contributed by atoms with Crippen molar-refractivity contribution in [1.82, 2.24) is 5.32 Å². The molecule has 0 heterocycles. The standard InChI is InChI=1S/C14H16BrNO3/c1-9(10-6-7-10)16-13(17)8-19-14(18)11-4-2-3-5-12(11)15/h2-5,9-10H,6-8H2,1H3,(H,16,17)/t9-/m1/s1. The van der Waals surface area contributed by atoms with Crippen molar-refractivity contribution in [3.63, 3.8) is 0 Å². The molecule has 0 aromatic heterocycles. The van der Waals surface area contributed by atoms with Crippen LogP contribution in [-0.4, -0.2) is 24.5 Å². The Morgan fingerprint density at radius 1 is 1.42 bits per heavy atom. The molecule has 5 heteroatoms. The molecule has 2 rings (SSSR count). The third-order valence-electron chi connectivity index (χ3n) is 3.15. The summed E-state index contributed by atoms with van der Waals surface area (Å²) in [5.41, 5.74) is 0.422. The van der Waals surface area contributed by atoms with E-state index in [0.29, 0.717) is 16.0 Å². The average molecular weight is 326 g/mol. The number of hydrogen-bond acceptors (Lipinski definition) is 3. The van der Waals surface area contributed by atoms with Gasteiger partial charge >= 0.3 is 5.97 Å². The second-order valence-electron chi connectivity index (χ2n) is 4.75. The molecule has 1 aliphatic rings. The molecule has 0 unspecified atom stereocenters. The predicted octanol–water partition coefficient (Wildman–Crippen LogP) is 2.52. The topological polar surface area (TPSA) is 55.4 Å². The summed E-state index contributed by atoms with van der Waals surface area (Å²) in [7, 11) is 0. The summed E-state index contributed by atoms with van der Waals surface area (Å²) in [6.45, 7) is 1.74. The zero-order valence-electron chi connectivity index (χ0n) is 10.7. The van der Waals surface area contributed by atoms with Gasteiger partial charge in [-0.05, 0) is 53.7 Å². The van der Waals surface area contributed by atoms with Crippen LogP contribution < -0.4 is 5.32 Å². The van der Waals surface area contributed by atoms with Crippen molar-refractivity contribution in [1.29, 1.82) is 0 Å². The molecule has 19 heavy (non-hydrogen) atoms. The SMILES string of the molecule is C[C@@H](NC(=O)COC(=O)c1ccccc1Br)C1CC1. The number of esters is 1. The van der Waals surface area contributed by atoms with E-state index >= 15 is 0 Å². The van der Waals surface area contributed by atoms with Crippen LogP contribution in [0.1, 0.15) is 30.1 Å². The first-order chi connectivity index (χ1) is 9.08. The molecular weight excluding hydrogens is 310 g/mol. The van der Waals surface area contributed by atoms with Gasteiger partial charge < -0.3 is 10.1 Å². The van der Waals surface area contributed by atoms with Crippen LogP contribution in [0.25, 0.3) is 0 Å². The summed E-state index contributed by atoms with van der Waals surface area (Å²) in [5.74, 6) is -0.163. The molecule has 0 spiro atoms. The lowest BCUT2D eigenvalue weighted by atomic mass is 10.2. The fourth-order valence-electron chi connectivity index (χ4n) is 1.85. The molecule has 1 amide bonds. The first kappa shape index (κ1) is 14.1. The molecule has 1 aliphatic carbocycles. The Labute approximate surface area is 120 Å². The highest BCUT2D eigenvalue weighted by Gasteiger charge is 2.29. The number of carbonyl (C=O) groups excluding carboxylic acids is 2. The predicted molar refractivity (Wildman–Crippen MR) is 74.8 cm³/mol. The Morgan fingerprint density at radius 2 is 2.11 bits per heavy atom. The van der Waals surface area contributed by atoms with Gasteiger partial charge in [0.2, 0.25) is 0 Å². The van der Waals surface area contributed by atoms with Crippen LogP contribution >= 0.6 is 15.9 Å². The van der Waals surface area contributed by atoms with Crippen molar-refractivity contribution >= 4 is 27.8 Å². The van der Waals surface area contributed by atoms with Crippen LogP contribution in [0.2, 0.25) is 0 Å². The number of nitrogens with one attached hydrogen (secondary N) is 1. The van der Waals surface area contributed by atoms with E-state index in [1.807, 2.05) is 13.0 Å². The summed E-state index contributed by atoms with van der Waals surface area (Å²) in [5, 5.41) is 2.84. The normalized spacial score (nSPS) is 15.7. The third kappa shape index (κ3) is 4.06. The van der Waals surface area contributed by atoms with Crippen LogP contribution in [0, 0.1) is 5.92 Å². The maximum absolute atomic E-state index is 11.8. The number of rotatable bonds is 5. The molecule has 1 aromatic carbocycles. The fraction of sp³-hybridized carbons (Fsp3) is 0.429. The minimum Gasteiger partial charge on any atom is -0.452 e. The second-order valence-corrected chi connectivity index (χ2v) is 5.60. The molecule has 102 valence electrons. The van der Waals surface area contributed by atoms with Crippen molar-refractivity contribution in [2.45, 2.75) is 25.8 Å². The molecule has 1 N–H and O–H groups in total. The van der Waals surface area contributed by atoms with Gasteiger partial charge in [-0.2, -0.15) is 0 Å². The maximum Gasteiger partial charge on any atom is 0.339 e. The van der Waals surface area contributed by atoms with E-state index in [-0.39, 0.29) is 18.6 Å². The molecule has 1 fully saturated rings. The van der Waals surface area contributed by atoms with E-state index in [9.17, 15) is 9.59 Å². The zero-order valence-corrected chi connectivity index (χ0v) is 12.3. The van der Waals surface area contributed by atoms with Crippen molar-refractivity contribution in [3.05, 3.63) is 34.3 Å². The lowest BCUT2D eigenvalue weighted by Gasteiger charge is -2.12. The Kier molecular flexibility index (Phi) is 4.58. The summed E-state index contributed by atoms with van der Waals surface area (Å²) < 4.78 is 5.65. The highest BCUT2D eigenvalue weighted by molar-refractivity contribution is 9.10. The quantitative estimate of drug-likeness (QED) is 0.846. The Balaban J connectivity index is 1.80. The number of benzene rings is 1. The number of carbonyl (C=O) groups is 2. The molecule has 4 nitrogen and oxygen atoms in total. The summed E-state index contributed by atoms with van der Waals surface area (Å²) in [6.07, 6.45) is 2.33. The molecule has 1 aromatic rings. The van der Waals surface area contributed by atoms with Gasteiger partial charge in [-0.25, -0.2) is 4.79 Å². The van der Waals surface area contributed by atoms with Gasteiger partial charge in [0.1, 0.15) is 0 Å². The van der Waals surface area contributed by atoms with Gasteiger partial charge in [0.05, 0.1) is 5.56 Å². The highest BCUT2D eigenvalue weighted by Crippen LogP contribution is 2.32. The third-order valence-corrected chi connectivity index (χ3v) is 3.84. The maximum atomic E-state index is 11.8. The number of ether oxygens (including phenoxy) is 1. The van der Waals surface area contributed by atoms with Crippen LogP contribution in [0.5, 0.6) is 0 Å². The molecule has 0 saturated heterocycles. The van der Waals surface area contributed by atoms with E-state index in [1.54, 1.807) is 18.2 Å². The molecule has 0 aliphatic heterocycles. The van der Waals surface area contributed by atoms with E-state index in [2.05, 4.69) is 21.2 Å². The Bertz CT molecular complexity index is 485. The molecule has 1 saturated carbocycles. The van der Waals surface area contributed by atoms with Crippen LogP contribution in [0.15, 0.2) is 28.7 Å². The van der Waals surface area contributed by atoms with E-state index in [0.717, 1.165) is 12.8 Å². The van der Waals surface area contributed by atoms with Crippen molar-refractivity contribution in [2.24, 2.45) is 5.92 Å². The Morgan fingerprint density at radius 3 is 2.74 bits per heavy atom. The molecule has 0 radical (unpaired) electrons. The van der Waals surface area contributed by atoms with Crippen LogP contribution in [-0.2, 0) is 9.53 Å². The van der Waals surface area contributed by atoms with Gasteiger partial charge in [0.15, 0.2) is 6.61 Å². The second kappa shape index (κ2) is 6.19. The summed E-state index contributed by atoms with van der Waals surface area (Å²) in [4.78, 5) is 23.4. The summed E-state index contributed by atoms with van der Waals surface area (Å²) in [6, 6.07) is 7.12. The molecule has 1 atom stereocenters. The first-order valence-electron chi connectivity index (χ1n) is 6.29. The van der Waals surface area contributed by atoms with Crippen LogP contribution in [0.4, 0.5) is 0 Å². The van der Waals surface area contributed by atoms with Gasteiger partial charge in [-0.15, -0.1) is 0 Å². The van der Waals surface area contributed by atoms with Gasteiger partial charge in [0, 0.05) is 10.5 Å². The lowest BCUT2D eigenvalue weighted by molar-refractivity contribution is -0.124. The van der Waals surface area contributed by atoms with Gasteiger partial charge in [0.25, 0.3) is 5.91 Å². The lowest BCUT2D eigenvalue weighted by Crippen LogP contribution is -2.37. The number of hydrogen-bond donors (Lipinski definition) is 1. The number of amides is 1. The first-order valence-corrected chi connectivity index (χ1v) is 7.08. The highest BCUT2D eigenvalue weighted by atomic mass is 79.9. The van der Waals surface area contributed by atoms with Crippen molar-refractivity contribution in [3.8, 4) is 0 Å². The van der Waals surface area contributed by atoms with E-state index < -0.39 is 5.97 Å². The minimum atomic E-state index is -0.498. The number of halogens is 1. The van der Waals surface area contributed by atoms with Crippen molar-refractivity contribution < 1.29 is 14.3 Å². The monoisotopic (exact) mass is 325 g/mol. The smallest absolute Gasteiger partial charge is 0.339 e. The van der Waals surface area contributed by atoms with Crippen LogP contribution in [0.3, 0.4) is 0 Å². The minimum absolute atomic E-state index is 0.162. The molecule has 0 bridgehead atoms. The van der Waals surface area contributed by atoms with Gasteiger partial charge in [-0.1, -0.05) is 12.1 Å². The molecular formula is C14H16BrNO3. The van der Waals surface area contributed by atoms with Gasteiger partial charge in [-0.3, -0.25) is 4.79 Å². The fourth-order valence-corrected chi connectivity index (χ4v) is 2.29. The average Bonchev–Trinajstić information content (AvgIpc) is 3.20. The Hall–Kier alpha value is -1.36. The van der Waals surface area contributed by atoms with E-state index in [1.165, 1.54) is 0 Å². The largest absolute Gasteiger partial charge is 0.452 e.